The van der Waals surface area contributed by atoms with Crippen molar-refractivity contribution in [2.24, 2.45) is 0 Å². The molecule has 0 radical (unpaired) electrons. The summed E-state index contributed by atoms with van der Waals surface area (Å²) in [6, 6.07) is 20.9. The molecule has 3 aromatic rings. The topological polar surface area (TPSA) is 38.9 Å². The first-order valence-corrected chi connectivity index (χ1v) is 7.91. The van der Waals surface area contributed by atoms with Gasteiger partial charge in [0.1, 0.15) is 5.82 Å². The molecule has 0 saturated carbocycles. The van der Waals surface area contributed by atoms with Crippen molar-refractivity contribution in [3.05, 3.63) is 77.4 Å². The van der Waals surface area contributed by atoms with Crippen LogP contribution in [0.25, 0.3) is 0 Å². The monoisotopic (exact) mass is 300 g/mol. The van der Waals surface area contributed by atoms with Gasteiger partial charge in [0, 0.05) is 5.59 Å². The minimum Gasteiger partial charge on any atom is -0.384 e. The molecule has 0 fully saturated rings. The number of nitrogens with zero attached hydrogens (tertiary/aromatic N) is 1. The molecule has 2 nitrogen and oxygen atoms in total. The summed E-state index contributed by atoms with van der Waals surface area (Å²) in [5, 5.41) is 0. The van der Waals surface area contributed by atoms with Gasteiger partial charge in [0.05, 0.1) is 0 Å². The van der Waals surface area contributed by atoms with Gasteiger partial charge in [-0.15, -0.1) is 0 Å². The zero-order valence-electron chi connectivity index (χ0n) is 13.9. The van der Waals surface area contributed by atoms with E-state index in [1.54, 1.807) is 0 Å². The normalized spacial score (nSPS) is 10.6. The lowest BCUT2D eigenvalue weighted by Gasteiger charge is -2.20. The summed E-state index contributed by atoms with van der Waals surface area (Å²) in [5.74, 6) is 0.561. The first kappa shape index (κ1) is 15.4. The summed E-state index contributed by atoms with van der Waals surface area (Å²) in [5.41, 5.74) is 13.4. The minimum absolute atomic E-state index is 0.0975. The molecule has 2 aromatic carbocycles. The first-order chi connectivity index (χ1) is 11.1. The molecule has 0 amide bonds. The number of hydrogen-bond donors (Lipinski definition) is 1. The van der Waals surface area contributed by atoms with Crippen molar-refractivity contribution in [1.82, 2.24) is 4.98 Å². The Morgan fingerprint density at radius 1 is 0.826 bits per heavy atom. The quantitative estimate of drug-likeness (QED) is 0.752. The van der Waals surface area contributed by atoms with Gasteiger partial charge in [-0.1, -0.05) is 76.1 Å². The van der Waals surface area contributed by atoms with Gasteiger partial charge in [0.2, 0.25) is 0 Å². The Morgan fingerprint density at radius 3 is 2.09 bits per heavy atom. The van der Waals surface area contributed by atoms with E-state index in [1.165, 1.54) is 27.6 Å². The average Bonchev–Trinajstić information content (AvgIpc) is 2.51. The van der Waals surface area contributed by atoms with Crippen molar-refractivity contribution in [1.29, 1.82) is 0 Å². The third-order valence-electron chi connectivity index (χ3n) is 4.25. The molecule has 0 unspecified atom stereocenters. The SMILES string of the molecule is Cc1cc(C)c(B(c2ccccc2)c2cccc(N)n2)c(C)c1. The Balaban J connectivity index is 2.25. The molecule has 1 heterocycles. The van der Waals surface area contributed by atoms with Gasteiger partial charge in [-0.3, -0.25) is 0 Å². The van der Waals surface area contributed by atoms with Crippen LogP contribution in [0.3, 0.4) is 0 Å². The van der Waals surface area contributed by atoms with Gasteiger partial charge in [-0.25, -0.2) is 4.98 Å². The molecule has 3 heteroatoms. The van der Waals surface area contributed by atoms with E-state index < -0.39 is 0 Å². The van der Waals surface area contributed by atoms with Crippen molar-refractivity contribution >= 4 is 29.0 Å². The zero-order valence-corrected chi connectivity index (χ0v) is 13.9. The van der Waals surface area contributed by atoms with Crippen LogP contribution in [-0.2, 0) is 0 Å². The molecule has 0 aliphatic heterocycles. The van der Waals surface area contributed by atoms with Crippen molar-refractivity contribution in [2.75, 3.05) is 5.73 Å². The van der Waals surface area contributed by atoms with E-state index in [0.29, 0.717) is 5.82 Å². The third-order valence-corrected chi connectivity index (χ3v) is 4.25. The number of aryl methyl sites for hydroxylation is 3. The highest BCUT2D eigenvalue weighted by Crippen LogP contribution is 2.08. The summed E-state index contributed by atoms with van der Waals surface area (Å²) < 4.78 is 0. The van der Waals surface area contributed by atoms with Gasteiger partial charge in [-0.2, -0.15) is 0 Å². The van der Waals surface area contributed by atoms with Crippen molar-refractivity contribution < 1.29 is 0 Å². The second-order valence-electron chi connectivity index (χ2n) is 6.14. The number of nitrogen functional groups attached to an aromatic ring is 1. The van der Waals surface area contributed by atoms with Gasteiger partial charge in [-0.05, 0) is 32.9 Å². The molecule has 3 rings (SSSR count). The molecule has 23 heavy (non-hydrogen) atoms. The lowest BCUT2D eigenvalue weighted by atomic mass is 9.37. The summed E-state index contributed by atoms with van der Waals surface area (Å²) in [4.78, 5) is 4.61. The van der Waals surface area contributed by atoms with Crippen LogP contribution >= 0.6 is 0 Å². The van der Waals surface area contributed by atoms with E-state index in [1.807, 2.05) is 18.2 Å². The molecule has 2 N–H and O–H groups in total. The lowest BCUT2D eigenvalue weighted by Crippen LogP contribution is -2.55. The average molecular weight is 300 g/mol. The van der Waals surface area contributed by atoms with Crippen LogP contribution in [-0.4, -0.2) is 11.7 Å². The molecule has 0 aliphatic rings. The maximum atomic E-state index is 5.94. The second-order valence-corrected chi connectivity index (χ2v) is 6.14. The maximum absolute atomic E-state index is 5.94. The molecule has 0 bridgehead atoms. The van der Waals surface area contributed by atoms with Gasteiger partial charge in [0.25, 0.3) is 6.71 Å². The standard InChI is InChI=1S/C20H21BN2/c1-14-12-15(2)20(16(3)13-14)21(17-8-5-4-6-9-17)18-10-7-11-19(22)23-18/h4-13H,1-3H3,(H2,22,23). The number of pyridine rings is 1. The summed E-state index contributed by atoms with van der Waals surface area (Å²) in [6.45, 7) is 6.59. The lowest BCUT2D eigenvalue weighted by molar-refractivity contribution is 1.34. The molecular formula is C20H21BN2. The summed E-state index contributed by atoms with van der Waals surface area (Å²) in [7, 11) is 0. The van der Waals surface area contributed by atoms with Crippen LogP contribution < -0.4 is 22.3 Å². The summed E-state index contributed by atoms with van der Waals surface area (Å²) in [6.07, 6.45) is 0. The van der Waals surface area contributed by atoms with Gasteiger partial charge < -0.3 is 5.73 Å². The fraction of sp³-hybridized carbons (Fsp3) is 0.150. The highest BCUT2D eigenvalue weighted by Gasteiger charge is 2.26. The highest BCUT2D eigenvalue weighted by atomic mass is 14.8. The minimum atomic E-state index is 0.0975. The second kappa shape index (κ2) is 6.29. The third kappa shape index (κ3) is 3.14. The molecule has 114 valence electrons. The van der Waals surface area contributed by atoms with E-state index in [9.17, 15) is 0 Å². The van der Waals surface area contributed by atoms with E-state index in [4.69, 9.17) is 5.73 Å². The van der Waals surface area contributed by atoms with E-state index in [2.05, 4.69) is 68.2 Å². The molecule has 0 spiro atoms. The Kier molecular flexibility index (Phi) is 4.20. The highest BCUT2D eigenvalue weighted by molar-refractivity contribution is 6.95. The van der Waals surface area contributed by atoms with Crippen molar-refractivity contribution in [2.45, 2.75) is 20.8 Å². The van der Waals surface area contributed by atoms with E-state index in [0.717, 1.165) is 5.59 Å². The Bertz CT molecular complexity index is 805. The Morgan fingerprint density at radius 2 is 1.48 bits per heavy atom. The molecule has 1 aromatic heterocycles. The van der Waals surface area contributed by atoms with Crippen LogP contribution in [0.15, 0.2) is 60.7 Å². The van der Waals surface area contributed by atoms with Crippen LogP contribution in [0.2, 0.25) is 0 Å². The van der Waals surface area contributed by atoms with Gasteiger partial charge in [0.15, 0.2) is 0 Å². The predicted octanol–water partition coefficient (Wildman–Crippen LogP) is 2.11. The van der Waals surface area contributed by atoms with Crippen LogP contribution in [0.4, 0.5) is 5.82 Å². The smallest absolute Gasteiger partial charge is 0.265 e. The maximum Gasteiger partial charge on any atom is 0.265 e. The van der Waals surface area contributed by atoms with Crippen LogP contribution in [0.1, 0.15) is 16.7 Å². The Labute approximate surface area is 138 Å². The number of benzene rings is 2. The number of aromatic nitrogens is 1. The van der Waals surface area contributed by atoms with Crippen LogP contribution in [0.5, 0.6) is 0 Å². The first-order valence-electron chi connectivity index (χ1n) is 7.91. The molecule has 0 atom stereocenters. The molecule has 0 saturated heterocycles. The largest absolute Gasteiger partial charge is 0.384 e. The van der Waals surface area contributed by atoms with Crippen LogP contribution in [0, 0.1) is 20.8 Å². The number of hydrogen-bond acceptors (Lipinski definition) is 2. The van der Waals surface area contributed by atoms with E-state index >= 15 is 0 Å². The number of nitrogens with two attached hydrogens (primary N) is 1. The molecular weight excluding hydrogens is 279 g/mol. The molecule has 0 aliphatic carbocycles. The number of anilines is 1. The predicted molar refractivity (Wildman–Crippen MR) is 100 cm³/mol. The summed E-state index contributed by atoms with van der Waals surface area (Å²) >= 11 is 0. The van der Waals surface area contributed by atoms with Gasteiger partial charge >= 0.3 is 0 Å². The fourth-order valence-electron chi connectivity index (χ4n) is 3.41. The Hall–Kier alpha value is -2.55. The number of rotatable bonds is 3. The van der Waals surface area contributed by atoms with Crippen molar-refractivity contribution in [3.8, 4) is 0 Å². The fourth-order valence-corrected chi connectivity index (χ4v) is 3.41. The van der Waals surface area contributed by atoms with Crippen molar-refractivity contribution in [3.63, 3.8) is 0 Å². The zero-order chi connectivity index (χ0) is 16.4. The van der Waals surface area contributed by atoms with E-state index in [-0.39, 0.29) is 6.71 Å².